The number of carbonyl (C=O) groups is 2. The molecule has 1 saturated heterocycles. The molecule has 2 aliphatic heterocycles. The molecule has 0 spiro atoms. The molecule has 0 aliphatic carbocycles. The molecule has 2 aromatic rings. The predicted octanol–water partition coefficient (Wildman–Crippen LogP) is 4.10. The third-order valence-electron chi connectivity index (χ3n) is 6.00. The SMILES string of the molecule is CC(=O)N(c1ccc2c(c1)CCC(=O)N2)C1CCN(CC=Cc2ccccc2)CC1. The number of carbonyl (C=O) groups excluding carboxylic acids is 2. The predicted molar refractivity (Wildman–Crippen MR) is 121 cm³/mol. The molecule has 0 radical (unpaired) electrons. The van der Waals surface area contributed by atoms with Crippen LogP contribution in [0.2, 0.25) is 0 Å². The molecule has 5 nitrogen and oxygen atoms in total. The summed E-state index contributed by atoms with van der Waals surface area (Å²) in [5.41, 5.74) is 4.15. The Bertz CT molecular complexity index is 931. The van der Waals surface area contributed by atoms with Crippen LogP contribution in [-0.4, -0.2) is 42.4 Å². The molecule has 0 saturated carbocycles. The van der Waals surface area contributed by atoms with Crippen LogP contribution in [0.15, 0.2) is 54.6 Å². The van der Waals surface area contributed by atoms with Crippen LogP contribution in [0.5, 0.6) is 0 Å². The molecule has 5 heteroatoms. The zero-order valence-corrected chi connectivity index (χ0v) is 17.5. The molecule has 0 aromatic heterocycles. The Labute approximate surface area is 178 Å². The van der Waals surface area contributed by atoms with Crippen LogP contribution in [-0.2, 0) is 16.0 Å². The van der Waals surface area contributed by atoms with E-state index in [2.05, 4.69) is 52.7 Å². The van der Waals surface area contributed by atoms with Crippen molar-refractivity contribution in [2.75, 3.05) is 29.9 Å². The first kappa shape index (κ1) is 20.4. The zero-order chi connectivity index (χ0) is 20.9. The van der Waals surface area contributed by atoms with Crippen molar-refractivity contribution >= 4 is 29.3 Å². The molecule has 0 unspecified atom stereocenters. The number of rotatable bonds is 5. The summed E-state index contributed by atoms with van der Waals surface area (Å²) < 4.78 is 0. The van der Waals surface area contributed by atoms with E-state index in [0.29, 0.717) is 6.42 Å². The molecule has 1 N–H and O–H groups in total. The highest BCUT2D eigenvalue weighted by Crippen LogP contribution is 2.30. The second-order valence-corrected chi connectivity index (χ2v) is 8.12. The Morgan fingerprint density at radius 3 is 2.63 bits per heavy atom. The summed E-state index contributed by atoms with van der Waals surface area (Å²) in [6.07, 6.45) is 7.55. The molecule has 4 rings (SSSR count). The summed E-state index contributed by atoms with van der Waals surface area (Å²) in [4.78, 5) is 28.5. The van der Waals surface area contributed by atoms with Crippen LogP contribution in [0.25, 0.3) is 6.08 Å². The summed E-state index contributed by atoms with van der Waals surface area (Å²) in [6.45, 7) is 4.54. The average molecular weight is 404 g/mol. The van der Waals surface area contributed by atoms with Gasteiger partial charge in [0.05, 0.1) is 0 Å². The lowest BCUT2D eigenvalue weighted by Crippen LogP contribution is -2.47. The van der Waals surface area contributed by atoms with E-state index in [1.54, 1.807) is 6.92 Å². The van der Waals surface area contributed by atoms with Gasteiger partial charge in [-0.1, -0.05) is 42.5 Å². The highest BCUT2D eigenvalue weighted by atomic mass is 16.2. The van der Waals surface area contributed by atoms with Gasteiger partial charge in [0.25, 0.3) is 0 Å². The monoisotopic (exact) mass is 403 g/mol. The number of hydrogen-bond acceptors (Lipinski definition) is 3. The first-order chi connectivity index (χ1) is 14.6. The fraction of sp³-hybridized carbons (Fsp3) is 0.360. The first-order valence-corrected chi connectivity index (χ1v) is 10.8. The van der Waals surface area contributed by atoms with Gasteiger partial charge in [0, 0.05) is 50.4 Å². The summed E-state index contributed by atoms with van der Waals surface area (Å²) in [5, 5.41) is 2.92. The summed E-state index contributed by atoms with van der Waals surface area (Å²) in [5.74, 6) is 0.143. The van der Waals surface area contributed by atoms with E-state index < -0.39 is 0 Å². The Hall–Kier alpha value is -2.92. The zero-order valence-electron chi connectivity index (χ0n) is 17.5. The van der Waals surface area contributed by atoms with Crippen LogP contribution in [0, 0.1) is 0 Å². The maximum Gasteiger partial charge on any atom is 0.224 e. The maximum atomic E-state index is 12.5. The van der Waals surface area contributed by atoms with Gasteiger partial charge in [-0.3, -0.25) is 14.5 Å². The lowest BCUT2D eigenvalue weighted by atomic mass is 9.99. The minimum Gasteiger partial charge on any atom is -0.326 e. The molecule has 2 heterocycles. The van der Waals surface area contributed by atoms with Gasteiger partial charge < -0.3 is 10.2 Å². The number of nitrogens with zero attached hydrogens (tertiary/aromatic N) is 2. The Balaban J connectivity index is 1.38. The Morgan fingerprint density at radius 2 is 1.90 bits per heavy atom. The van der Waals surface area contributed by atoms with E-state index >= 15 is 0 Å². The number of nitrogens with one attached hydrogen (secondary N) is 1. The molecule has 2 aromatic carbocycles. The van der Waals surface area contributed by atoms with Crippen molar-refractivity contribution in [3.63, 3.8) is 0 Å². The number of benzene rings is 2. The van der Waals surface area contributed by atoms with Crippen LogP contribution in [0.4, 0.5) is 11.4 Å². The van der Waals surface area contributed by atoms with Crippen molar-refractivity contribution in [3.05, 3.63) is 65.7 Å². The largest absolute Gasteiger partial charge is 0.326 e. The number of aryl methyl sites for hydroxylation is 1. The fourth-order valence-corrected chi connectivity index (χ4v) is 4.43. The van der Waals surface area contributed by atoms with Gasteiger partial charge in [-0.05, 0) is 48.6 Å². The maximum absolute atomic E-state index is 12.5. The van der Waals surface area contributed by atoms with E-state index in [-0.39, 0.29) is 17.9 Å². The van der Waals surface area contributed by atoms with Gasteiger partial charge in [-0.2, -0.15) is 0 Å². The van der Waals surface area contributed by atoms with Gasteiger partial charge in [-0.15, -0.1) is 0 Å². The van der Waals surface area contributed by atoms with Gasteiger partial charge in [0.15, 0.2) is 0 Å². The number of likely N-dealkylation sites (tertiary alicyclic amines) is 1. The molecular formula is C25H29N3O2. The average Bonchev–Trinajstić information content (AvgIpc) is 2.75. The van der Waals surface area contributed by atoms with Gasteiger partial charge in [-0.25, -0.2) is 0 Å². The van der Waals surface area contributed by atoms with E-state index in [9.17, 15) is 9.59 Å². The molecule has 156 valence electrons. The fourth-order valence-electron chi connectivity index (χ4n) is 4.43. The summed E-state index contributed by atoms with van der Waals surface area (Å²) >= 11 is 0. The number of amides is 2. The van der Waals surface area contributed by atoms with Gasteiger partial charge in [0.1, 0.15) is 0 Å². The standard InChI is InChI=1S/C25H29N3O2/c1-19(29)28(23-10-11-24-21(18-23)9-12-25(30)26-24)22-13-16-27(17-14-22)15-5-8-20-6-3-2-4-7-20/h2-8,10-11,18,22H,9,12-17H2,1H3,(H,26,30). The van der Waals surface area contributed by atoms with Gasteiger partial charge >= 0.3 is 0 Å². The van der Waals surface area contributed by atoms with E-state index in [4.69, 9.17) is 0 Å². The highest BCUT2D eigenvalue weighted by molar-refractivity contribution is 5.96. The van der Waals surface area contributed by atoms with E-state index in [1.165, 1.54) is 5.56 Å². The lowest BCUT2D eigenvalue weighted by molar-refractivity contribution is -0.117. The molecule has 2 aliphatic rings. The Kier molecular flexibility index (Phi) is 6.29. The topological polar surface area (TPSA) is 52.7 Å². The number of piperidine rings is 1. The summed E-state index contributed by atoms with van der Waals surface area (Å²) in [6, 6.07) is 16.5. The second kappa shape index (κ2) is 9.26. The number of fused-ring (bicyclic) bond motifs is 1. The number of hydrogen-bond donors (Lipinski definition) is 1. The van der Waals surface area contributed by atoms with E-state index in [0.717, 1.165) is 55.8 Å². The van der Waals surface area contributed by atoms with Crippen LogP contribution in [0.3, 0.4) is 0 Å². The van der Waals surface area contributed by atoms with E-state index in [1.807, 2.05) is 23.1 Å². The molecule has 2 amide bonds. The molecule has 0 bridgehead atoms. The minimum absolute atomic E-state index is 0.0624. The lowest BCUT2D eigenvalue weighted by Gasteiger charge is -2.38. The second-order valence-electron chi connectivity index (χ2n) is 8.12. The van der Waals surface area contributed by atoms with Gasteiger partial charge in [0.2, 0.25) is 11.8 Å². The molecule has 1 fully saturated rings. The molecule has 30 heavy (non-hydrogen) atoms. The summed E-state index contributed by atoms with van der Waals surface area (Å²) in [7, 11) is 0. The third-order valence-corrected chi connectivity index (χ3v) is 6.00. The van der Waals surface area contributed by atoms with Crippen molar-refractivity contribution in [2.45, 2.75) is 38.6 Å². The molecular weight excluding hydrogens is 374 g/mol. The third kappa shape index (κ3) is 4.79. The smallest absolute Gasteiger partial charge is 0.224 e. The van der Waals surface area contributed by atoms with Crippen LogP contribution >= 0.6 is 0 Å². The molecule has 0 atom stereocenters. The normalized spacial score (nSPS) is 17.6. The van der Waals surface area contributed by atoms with Crippen molar-refractivity contribution < 1.29 is 9.59 Å². The van der Waals surface area contributed by atoms with Crippen LogP contribution < -0.4 is 10.2 Å². The van der Waals surface area contributed by atoms with Crippen molar-refractivity contribution in [3.8, 4) is 0 Å². The van der Waals surface area contributed by atoms with Crippen molar-refractivity contribution in [2.24, 2.45) is 0 Å². The Morgan fingerprint density at radius 1 is 1.13 bits per heavy atom. The van der Waals surface area contributed by atoms with Crippen molar-refractivity contribution in [1.82, 2.24) is 4.90 Å². The van der Waals surface area contributed by atoms with Crippen molar-refractivity contribution in [1.29, 1.82) is 0 Å². The van der Waals surface area contributed by atoms with Crippen LogP contribution in [0.1, 0.15) is 37.3 Å². The first-order valence-electron chi connectivity index (χ1n) is 10.8. The minimum atomic E-state index is 0.0624. The highest BCUT2D eigenvalue weighted by Gasteiger charge is 2.28. The number of anilines is 2. The quantitative estimate of drug-likeness (QED) is 0.818.